The quantitative estimate of drug-likeness (QED) is 0.641. The maximum Gasteiger partial charge on any atom is 0.161 e. The highest BCUT2D eigenvalue weighted by Crippen LogP contribution is 2.31. The lowest BCUT2D eigenvalue weighted by Crippen LogP contribution is -1.90. The molecule has 0 atom stereocenters. The number of thiazole rings is 1. The molecule has 5 nitrogen and oxygen atoms in total. The van der Waals surface area contributed by atoms with Gasteiger partial charge in [-0.1, -0.05) is 6.07 Å². The molecule has 1 aromatic carbocycles. The second-order valence-corrected chi connectivity index (χ2v) is 5.66. The van der Waals surface area contributed by atoms with E-state index < -0.39 is 0 Å². The molecule has 0 aliphatic heterocycles. The van der Waals surface area contributed by atoms with Crippen LogP contribution in [-0.4, -0.2) is 19.2 Å². The molecule has 0 radical (unpaired) electrons. The van der Waals surface area contributed by atoms with E-state index in [1.807, 2.05) is 23.6 Å². The zero-order valence-corrected chi connectivity index (χ0v) is 14.0. The normalized spacial score (nSPS) is 11.1. The first-order valence-electron chi connectivity index (χ1n) is 7.08. The van der Waals surface area contributed by atoms with Gasteiger partial charge < -0.3 is 13.9 Å². The highest BCUT2D eigenvalue weighted by atomic mass is 32.1. The third-order valence-corrected chi connectivity index (χ3v) is 4.22. The second kappa shape index (κ2) is 7.02. The molecule has 0 aliphatic carbocycles. The van der Waals surface area contributed by atoms with Crippen LogP contribution in [0.15, 0.2) is 46.4 Å². The number of nitriles is 1. The lowest BCUT2D eigenvalue weighted by molar-refractivity contribution is 0.355. The summed E-state index contributed by atoms with van der Waals surface area (Å²) in [4.78, 5) is 4.47. The topological polar surface area (TPSA) is 68.3 Å². The summed E-state index contributed by atoms with van der Waals surface area (Å²) in [5, 5.41) is 12.0. The maximum absolute atomic E-state index is 9.48. The Kier molecular flexibility index (Phi) is 4.64. The minimum Gasteiger partial charge on any atom is -0.493 e. The van der Waals surface area contributed by atoms with E-state index in [0.29, 0.717) is 33.5 Å². The van der Waals surface area contributed by atoms with Gasteiger partial charge in [0.25, 0.3) is 0 Å². The van der Waals surface area contributed by atoms with Crippen LogP contribution in [0.25, 0.3) is 23.1 Å². The maximum atomic E-state index is 9.48. The van der Waals surface area contributed by atoms with Crippen LogP contribution in [0.5, 0.6) is 11.5 Å². The van der Waals surface area contributed by atoms with Gasteiger partial charge in [0.05, 0.1) is 26.1 Å². The van der Waals surface area contributed by atoms with Crippen LogP contribution in [0.4, 0.5) is 0 Å². The van der Waals surface area contributed by atoms with E-state index in [2.05, 4.69) is 11.1 Å². The van der Waals surface area contributed by atoms with Crippen molar-refractivity contribution in [1.29, 1.82) is 5.26 Å². The molecule has 120 valence electrons. The molecule has 0 spiro atoms. The van der Waals surface area contributed by atoms with Crippen molar-refractivity contribution in [3.8, 4) is 29.0 Å². The predicted molar refractivity (Wildman–Crippen MR) is 92.8 cm³/mol. The molecular weight excluding hydrogens is 324 g/mol. The average molecular weight is 338 g/mol. The van der Waals surface area contributed by atoms with Crippen LogP contribution in [-0.2, 0) is 0 Å². The monoisotopic (exact) mass is 338 g/mol. The number of rotatable bonds is 5. The molecule has 6 heteroatoms. The van der Waals surface area contributed by atoms with E-state index in [9.17, 15) is 5.26 Å². The Labute approximate surface area is 143 Å². The molecule has 0 saturated carbocycles. The van der Waals surface area contributed by atoms with Crippen LogP contribution in [0.3, 0.4) is 0 Å². The lowest BCUT2D eigenvalue weighted by Gasteiger charge is -2.07. The minimum absolute atomic E-state index is 0.477. The first-order valence-corrected chi connectivity index (χ1v) is 7.96. The van der Waals surface area contributed by atoms with Crippen molar-refractivity contribution >= 4 is 23.0 Å². The van der Waals surface area contributed by atoms with Crippen molar-refractivity contribution in [2.45, 2.75) is 0 Å². The Bertz CT molecular complexity index is 905. The summed E-state index contributed by atoms with van der Waals surface area (Å²) < 4.78 is 15.8. The van der Waals surface area contributed by atoms with Crippen molar-refractivity contribution in [2.24, 2.45) is 0 Å². The summed E-state index contributed by atoms with van der Waals surface area (Å²) in [5.74, 6) is 1.93. The molecule has 2 aromatic heterocycles. The Balaban J connectivity index is 1.94. The molecule has 0 N–H and O–H groups in total. The van der Waals surface area contributed by atoms with Crippen LogP contribution in [0.1, 0.15) is 10.6 Å². The lowest BCUT2D eigenvalue weighted by atomic mass is 10.1. The van der Waals surface area contributed by atoms with Gasteiger partial charge in [0.1, 0.15) is 16.8 Å². The van der Waals surface area contributed by atoms with Crippen molar-refractivity contribution in [3.05, 3.63) is 52.5 Å². The number of hydrogen-bond donors (Lipinski definition) is 0. The first-order chi connectivity index (χ1) is 11.7. The molecule has 2 heterocycles. The van der Waals surface area contributed by atoms with Gasteiger partial charge in [-0.2, -0.15) is 5.26 Å². The number of aromatic nitrogens is 1. The summed E-state index contributed by atoms with van der Waals surface area (Å²) in [6.07, 6.45) is 3.37. The smallest absolute Gasteiger partial charge is 0.161 e. The molecule has 0 fully saturated rings. The van der Waals surface area contributed by atoms with Gasteiger partial charge in [-0.3, -0.25) is 0 Å². The number of allylic oxidation sites excluding steroid dienone is 1. The molecule has 0 unspecified atom stereocenters. The van der Waals surface area contributed by atoms with Crippen molar-refractivity contribution in [2.75, 3.05) is 14.2 Å². The Morgan fingerprint density at radius 1 is 1.25 bits per heavy atom. The number of nitrogens with zero attached hydrogens (tertiary/aromatic N) is 2. The molecule has 0 aliphatic rings. The van der Waals surface area contributed by atoms with Gasteiger partial charge >= 0.3 is 0 Å². The van der Waals surface area contributed by atoms with E-state index in [4.69, 9.17) is 13.9 Å². The molecule has 0 bridgehead atoms. The third-order valence-electron chi connectivity index (χ3n) is 3.35. The summed E-state index contributed by atoms with van der Waals surface area (Å²) in [6, 6.07) is 11.3. The highest BCUT2D eigenvalue weighted by molar-refractivity contribution is 7.11. The molecule has 3 aromatic rings. The van der Waals surface area contributed by atoms with Crippen molar-refractivity contribution in [3.63, 3.8) is 0 Å². The zero-order valence-electron chi connectivity index (χ0n) is 13.1. The van der Waals surface area contributed by atoms with E-state index in [1.54, 1.807) is 38.7 Å². The summed E-state index contributed by atoms with van der Waals surface area (Å²) in [7, 11) is 3.16. The van der Waals surface area contributed by atoms with Gasteiger partial charge in [-0.15, -0.1) is 11.3 Å². The number of ether oxygens (including phenoxy) is 2. The number of methoxy groups -OCH3 is 2. The summed E-state index contributed by atoms with van der Waals surface area (Å²) in [5.41, 5.74) is 2.03. The largest absolute Gasteiger partial charge is 0.493 e. The van der Waals surface area contributed by atoms with Crippen LogP contribution in [0, 0.1) is 11.3 Å². The first kappa shape index (κ1) is 15.8. The Morgan fingerprint density at radius 2 is 2.08 bits per heavy atom. The SMILES string of the molecule is COc1ccc(/C=C(\C#N)c2nc(-c3ccco3)cs2)cc1OC. The predicted octanol–water partition coefficient (Wildman–Crippen LogP) is 4.48. The van der Waals surface area contributed by atoms with Crippen molar-refractivity contribution in [1.82, 2.24) is 4.98 Å². The second-order valence-electron chi connectivity index (χ2n) is 4.80. The minimum atomic E-state index is 0.477. The average Bonchev–Trinajstić information content (AvgIpc) is 3.30. The van der Waals surface area contributed by atoms with E-state index >= 15 is 0 Å². The Hall–Kier alpha value is -3.04. The van der Waals surface area contributed by atoms with Gasteiger partial charge in [0, 0.05) is 5.38 Å². The number of benzene rings is 1. The van der Waals surface area contributed by atoms with Gasteiger partial charge in [0.15, 0.2) is 17.3 Å². The Morgan fingerprint density at radius 3 is 2.75 bits per heavy atom. The number of furan rings is 1. The fourth-order valence-electron chi connectivity index (χ4n) is 2.19. The fraction of sp³-hybridized carbons (Fsp3) is 0.111. The molecule has 24 heavy (non-hydrogen) atoms. The van der Waals surface area contributed by atoms with Gasteiger partial charge in [-0.25, -0.2) is 4.98 Å². The van der Waals surface area contributed by atoms with Crippen molar-refractivity contribution < 1.29 is 13.9 Å². The van der Waals surface area contributed by atoms with Crippen LogP contribution in [0.2, 0.25) is 0 Å². The summed E-state index contributed by atoms with van der Waals surface area (Å²) >= 11 is 1.40. The zero-order chi connectivity index (χ0) is 16.9. The van der Waals surface area contributed by atoms with E-state index in [1.165, 1.54) is 11.3 Å². The summed E-state index contributed by atoms with van der Waals surface area (Å²) in [6.45, 7) is 0. The third kappa shape index (κ3) is 3.16. The van der Waals surface area contributed by atoms with Gasteiger partial charge in [-0.05, 0) is 35.9 Å². The highest BCUT2D eigenvalue weighted by Gasteiger charge is 2.11. The molecule has 3 rings (SSSR count). The molecule has 0 amide bonds. The molecular formula is C18H14N2O3S. The molecule has 0 saturated heterocycles. The number of hydrogen-bond acceptors (Lipinski definition) is 6. The van der Waals surface area contributed by atoms with Gasteiger partial charge in [0.2, 0.25) is 0 Å². The van der Waals surface area contributed by atoms with E-state index in [0.717, 1.165) is 5.56 Å². The van der Waals surface area contributed by atoms with E-state index in [-0.39, 0.29) is 0 Å². The van der Waals surface area contributed by atoms with Crippen LogP contribution >= 0.6 is 11.3 Å². The van der Waals surface area contributed by atoms with Crippen LogP contribution < -0.4 is 9.47 Å². The standard InChI is InChI=1S/C18H14N2O3S/c1-21-16-6-5-12(9-17(16)22-2)8-13(10-19)18-20-14(11-24-18)15-4-3-7-23-15/h3-9,11H,1-2H3/b13-8+. The fourth-order valence-corrected chi connectivity index (χ4v) is 2.96.